The number of thioether (sulfide) groups is 1. The lowest BCUT2D eigenvalue weighted by atomic mass is 10.0. The first-order chi connectivity index (χ1) is 10.7. The van der Waals surface area contributed by atoms with Crippen molar-refractivity contribution >= 4 is 17.7 Å². The Balaban J connectivity index is 1.82. The molecule has 0 aromatic heterocycles. The van der Waals surface area contributed by atoms with Gasteiger partial charge < -0.3 is 10.2 Å². The van der Waals surface area contributed by atoms with Crippen LogP contribution >= 0.6 is 11.8 Å². The maximum Gasteiger partial charge on any atom is 0.232 e. The summed E-state index contributed by atoms with van der Waals surface area (Å²) in [4.78, 5) is 14.7. The van der Waals surface area contributed by atoms with Gasteiger partial charge in [0.25, 0.3) is 0 Å². The standard InChI is InChI=1S/C18H28N2OS/c1-3-11-20(17-7-9-19-10-8-17)18(21)14-22-13-16-6-4-5-15(2)12-16/h4-6,12,17,19H,3,7-11,13-14H2,1-2H3. The number of carbonyl (C=O) groups excluding carboxylic acids is 1. The third kappa shape index (κ3) is 5.33. The number of carbonyl (C=O) groups is 1. The van der Waals surface area contributed by atoms with Gasteiger partial charge in [0.15, 0.2) is 0 Å². The molecule has 0 radical (unpaired) electrons. The number of rotatable bonds is 7. The highest BCUT2D eigenvalue weighted by atomic mass is 32.2. The van der Waals surface area contributed by atoms with Crippen LogP contribution in [0.2, 0.25) is 0 Å². The van der Waals surface area contributed by atoms with Gasteiger partial charge in [-0.15, -0.1) is 11.8 Å². The Bertz CT molecular complexity index is 472. The molecule has 4 heteroatoms. The molecule has 3 nitrogen and oxygen atoms in total. The van der Waals surface area contributed by atoms with E-state index in [2.05, 4.69) is 48.3 Å². The van der Waals surface area contributed by atoms with Crippen LogP contribution < -0.4 is 5.32 Å². The molecule has 1 N–H and O–H groups in total. The van der Waals surface area contributed by atoms with Crippen LogP contribution in [0.3, 0.4) is 0 Å². The van der Waals surface area contributed by atoms with Crippen LogP contribution in [0.25, 0.3) is 0 Å². The molecule has 1 saturated heterocycles. The zero-order valence-electron chi connectivity index (χ0n) is 13.8. The van der Waals surface area contributed by atoms with Crippen molar-refractivity contribution in [1.29, 1.82) is 0 Å². The predicted octanol–water partition coefficient (Wildman–Crippen LogP) is 3.22. The quantitative estimate of drug-likeness (QED) is 0.837. The van der Waals surface area contributed by atoms with E-state index in [-0.39, 0.29) is 0 Å². The van der Waals surface area contributed by atoms with Crippen molar-refractivity contribution in [2.24, 2.45) is 0 Å². The van der Waals surface area contributed by atoms with Crippen molar-refractivity contribution in [2.45, 2.75) is 44.9 Å². The van der Waals surface area contributed by atoms with Crippen LogP contribution in [0, 0.1) is 6.92 Å². The van der Waals surface area contributed by atoms with Gasteiger partial charge in [-0.05, 0) is 44.8 Å². The van der Waals surface area contributed by atoms with Crippen molar-refractivity contribution in [2.75, 3.05) is 25.4 Å². The second kappa shape index (κ2) is 9.21. The fourth-order valence-corrected chi connectivity index (χ4v) is 3.87. The molecular formula is C18H28N2OS. The highest BCUT2D eigenvalue weighted by molar-refractivity contribution is 7.99. The minimum absolute atomic E-state index is 0.311. The fourth-order valence-electron chi connectivity index (χ4n) is 3.01. The minimum Gasteiger partial charge on any atom is -0.339 e. The van der Waals surface area contributed by atoms with E-state index < -0.39 is 0 Å². The van der Waals surface area contributed by atoms with Crippen LogP contribution in [0.1, 0.15) is 37.3 Å². The van der Waals surface area contributed by atoms with Gasteiger partial charge in [-0.1, -0.05) is 36.8 Å². The molecule has 1 aromatic rings. The molecule has 0 saturated carbocycles. The van der Waals surface area contributed by atoms with Crippen LogP contribution in [0.5, 0.6) is 0 Å². The van der Waals surface area contributed by atoms with Crippen LogP contribution in [0.4, 0.5) is 0 Å². The summed E-state index contributed by atoms with van der Waals surface area (Å²) < 4.78 is 0. The van der Waals surface area contributed by atoms with Crippen molar-refractivity contribution in [3.8, 4) is 0 Å². The second-order valence-electron chi connectivity index (χ2n) is 6.05. The van der Waals surface area contributed by atoms with Crippen LogP contribution in [0.15, 0.2) is 24.3 Å². The van der Waals surface area contributed by atoms with Crippen molar-refractivity contribution in [3.63, 3.8) is 0 Å². The average Bonchev–Trinajstić information content (AvgIpc) is 2.53. The number of amides is 1. The van der Waals surface area contributed by atoms with Gasteiger partial charge in [0.1, 0.15) is 0 Å². The lowest BCUT2D eigenvalue weighted by molar-refractivity contribution is -0.131. The predicted molar refractivity (Wildman–Crippen MR) is 95.2 cm³/mol. The van der Waals surface area contributed by atoms with Crippen LogP contribution in [-0.4, -0.2) is 42.2 Å². The lowest BCUT2D eigenvalue weighted by Crippen LogP contribution is -2.47. The van der Waals surface area contributed by atoms with E-state index in [1.165, 1.54) is 11.1 Å². The summed E-state index contributed by atoms with van der Waals surface area (Å²) in [6.45, 7) is 7.23. The van der Waals surface area contributed by atoms with E-state index in [1.54, 1.807) is 11.8 Å². The summed E-state index contributed by atoms with van der Waals surface area (Å²) in [7, 11) is 0. The van der Waals surface area contributed by atoms with E-state index in [0.717, 1.165) is 44.6 Å². The van der Waals surface area contributed by atoms with Crippen LogP contribution in [-0.2, 0) is 10.5 Å². The second-order valence-corrected chi connectivity index (χ2v) is 7.04. The van der Waals surface area contributed by atoms with Crippen molar-refractivity contribution in [3.05, 3.63) is 35.4 Å². The molecule has 122 valence electrons. The zero-order valence-corrected chi connectivity index (χ0v) is 14.6. The topological polar surface area (TPSA) is 32.3 Å². The van der Waals surface area contributed by atoms with E-state index in [9.17, 15) is 4.79 Å². The van der Waals surface area contributed by atoms with E-state index in [0.29, 0.717) is 17.7 Å². The van der Waals surface area contributed by atoms with Crippen molar-refractivity contribution in [1.82, 2.24) is 10.2 Å². The average molecular weight is 321 g/mol. The molecule has 1 amide bonds. The third-order valence-corrected chi connectivity index (χ3v) is 5.10. The van der Waals surface area contributed by atoms with Crippen molar-refractivity contribution < 1.29 is 4.79 Å². The maximum atomic E-state index is 12.6. The van der Waals surface area contributed by atoms with E-state index in [4.69, 9.17) is 0 Å². The Labute approximate surface area is 138 Å². The first-order valence-electron chi connectivity index (χ1n) is 8.34. The Morgan fingerprint density at radius 1 is 1.36 bits per heavy atom. The molecule has 1 aromatic carbocycles. The number of nitrogens with zero attached hydrogens (tertiary/aromatic N) is 1. The van der Waals surface area contributed by atoms with Gasteiger partial charge in [0, 0.05) is 18.3 Å². The summed E-state index contributed by atoms with van der Waals surface area (Å²) in [5, 5.41) is 3.38. The minimum atomic E-state index is 0.311. The fraction of sp³-hybridized carbons (Fsp3) is 0.611. The third-order valence-electron chi connectivity index (χ3n) is 4.11. The largest absolute Gasteiger partial charge is 0.339 e. The zero-order chi connectivity index (χ0) is 15.8. The number of nitrogens with one attached hydrogen (secondary N) is 1. The Hall–Kier alpha value is -1.00. The summed E-state index contributed by atoms with van der Waals surface area (Å²) in [5.41, 5.74) is 2.59. The maximum absolute atomic E-state index is 12.6. The molecule has 1 fully saturated rings. The number of hydrogen-bond acceptors (Lipinski definition) is 3. The highest BCUT2D eigenvalue weighted by Crippen LogP contribution is 2.17. The molecule has 0 unspecified atom stereocenters. The summed E-state index contributed by atoms with van der Waals surface area (Å²) in [5.74, 6) is 1.82. The number of benzene rings is 1. The molecule has 0 bridgehead atoms. The molecule has 1 aliphatic heterocycles. The summed E-state index contributed by atoms with van der Waals surface area (Å²) in [6, 6.07) is 8.98. The Morgan fingerprint density at radius 2 is 2.14 bits per heavy atom. The van der Waals surface area contributed by atoms with Gasteiger partial charge in [-0.3, -0.25) is 4.79 Å². The van der Waals surface area contributed by atoms with E-state index >= 15 is 0 Å². The number of aryl methyl sites for hydroxylation is 1. The molecule has 0 atom stereocenters. The summed E-state index contributed by atoms with van der Waals surface area (Å²) in [6.07, 6.45) is 3.22. The number of hydrogen-bond donors (Lipinski definition) is 1. The molecule has 0 aliphatic carbocycles. The van der Waals surface area contributed by atoms with Gasteiger partial charge in [-0.25, -0.2) is 0 Å². The normalized spacial score (nSPS) is 15.7. The summed E-state index contributed by atoms with van der Waals surface area (Å²) >= 11 is 1.73. The highest BCUT2D eigenvalue weighted by Gasteiger charge is 2.24. The molecule has 0 spiro atoms. The molecule has 1 heterocycles. The van der Waals surface area contributed by atoms with Gasteiger partial charge in [0.2, 0.25) is 5.91 Å². The first kappa shape index (κ1) is 17.4. The SMILES string of the molecule is CCCN(C(=O)CSCc1cccc(C)c1)C1CCNCC1. The smallest absolute Gasteiger partial charge is 0.232 e. The Morgan fingerprint density at radius 3 is 2.82 bits per heavy atom. The molecule has 1 aliphatic rings. The Kier molecular flexibility index (Phi) is 7.26. The van der Waals surface area contributed by atoms with Gasteiger partial charge in [0.05, 0.1) is 5.75 Å². The molecular weight excluding hydrogens is 292 g/mol. The molecule has 2 rings (SSSR count). The number of piperidine rings is 1. The first-order valence-corrected chi connectivity index (χ1v) is 9.49. The van der Waals surface area contributed by atoms with E-state index in [1.807, 2.05) is 0 Å². The van der Waals surface area contributed by atoms with Gasteiger partial charge >= 0.3 is 0 Å². The van der Waals surface area contributed by atoms with Gasteiger partial charge in [-0.2, -0.15) is 0 Å². The monoisotopic (exact) mass is 320 g/mol. The lowest BCUT2D eigenvalue weighted by Gasteiger charge is -2.34. The molecule has 22 heavy (non-hydrogen) atoms.